The van der Waals surface area contributed by atoms with Crippen molar-refractivity contribution in [3.63, 3.8) is 0 Å². The quantitative estimate of drug-likeness (QED) is 0.0917. The largest absolute Gasteiger partial charge is 0.379 e. The fourth-order valence-electron chi connectivity index (χ4n) is 4.19. The van der Waals surface area contributed by atoms with Crippen molar-refractivity contribution in [3.05, 3.63) is 36.3 Å². The molecule has 0 unspecified atom stereocenters. The van der Waals surface area contributed by atoms with Gasteiger partial charge in [-0.15, -0.1) is 5.10 Å². The minimum atomic E-state index is -0.0982. The molecular weight excluding hydrogens is 680 g/mol. The molecule has 0 saturated carbocycles. The van der Waals surface area contributed by atoms with Gasteiger partial charge in [0.05, 0.1) is 158 Å². The van der Waals surface area contributed by atoms with E-state index in [1.54, 1.807) is 21.9 Å². The van der Waals surface area contributed by atoms with Crippen molar-refractivity contribution >= 4 is 5.91 Å². The van der Waals surface area contributed by atoms with Crippen molar-refractivity contribution in [1.29, 1.82) is 0 Å². The molecule has 16 nitrogen and oxygen atoms in total. The summed E-state index contributed by atoms with van der Waals surface area (Å²) in [6, 6.07) is 0. The number of amides is 1. The van der Waals surface area contributed by atoms with E-state index >= 15 is 0 Å². The number of aromatic nitrogens is 3. The average molecular weight is 745 g/mol. The van der Waals surface area contributed by atoms with Gasteiger partial charge in [-0.2, -0.15) is 0 Å². The molecule has 0 fully saturated rings. The summed E-state index contributed by atoms with van der Waals surface area (Å²) in [5.41, 5.74) is 1.64. The number of hydrogen-bond acceptors (Lipinski definition) is 14. The fraction of sp³-hybridized carbons (Fsp3) is 0.806. The van der Waals surface area contributed by atoms with Crippen molar-refractivity contribution in [2.24, 2.45) is 5.41 Å². The molecule has 0 saturated heterocycles. The van der Waals surface area contributed by atoms with Crippen LogP contribution in [0.2, 0.25) is 0 Å². The Kier molecular flexibility index (Phi) is 27.3. The zero-order valence-electron chi connectivity index (χ0n) is 31.8. The first-order chi connectivity index (χ1) is 25.3. The van der Waals surface area contributed by atoms with Gasteiger partial charge in [-0.25, -0.2) is 4.68 Å². The summed E-state index contributed by atoms with van der Waals surface area (Å²) in [4.78, 5) is 13.3. The van der Waals surface area contributed by atoms with E-state index in [1.165, 1.54) is 6.08 Å². The lowest BCUT2D eigenvalue weighted by Gasteiger charge is -2.17. The predicted molar refractivity (Wildman–Crippen MR) is 192 cm³/mol. The highest BCUT2D eigenvalue weighted by Crippen LogP contribution is 2.18. The molecule has 300 valence electrons. The third-order valence-corrected chi connectivity index (χ3v) is 7.12. The molecule has 0 radical (unpaired) electrons. The molecule has 2 rings (SSSR count). The third-order valence-electron chi connectivity index (χ3n) is 7.12. The normalized spacial score (nSPS) is 13.3. The Morgan fingerprint density at radius 1 is 0.538 bits per heavy atom. The molecular formula is C36H64N4O12. The van der Waals surface area contributed by atoms with Gasteiger partial charge in [-0.1, -0.05) is 32.6 Å². The van der Waals surface area contributed by atoms with E-state index in [4.69, 9.17) is 52.1 Å². The van der Waals surface area contributed by atoms with Crippen LogP contribution in [0.25, 0.3) is 0 Å². The van der Waals surface area contributed by atoms with Gasteiger partial charge in [0.25, 0.3) is 5.91 Å². The molecule has 2 heterocycles. The number of nitrogens with zero attached hydrogens (tertiary/aromatic N) is 4. The molecule has 0 aromatic carbocycles. The molecule has 0 spiro atoms. The van der Waals surface area contributed by atoms with E-state index in [0.717, 1.165) is 13.0 Å². The number of hydrogen-bond donors (Lipinski definition) is 0. The number of allylic oxidation sites excluding steroid dienone is 1. The maximum atomic E-state index is 11.8. The highest BCUT2D eigenvalue weighted by atomic mass is 16.6. The van der Waals surface area contributed by atoms with Crippen molar-refractivity contribution in [3.8, 4) is 0 Å². The first-order valence-corrected chi connectivity index (χ1v) is 18.3. The van der Waals surface area contributed by atoms with Gasteiger partial charge in [-0.05, 0) is 17.9 Å². The first-order valence-electron chi connectivity index (χ1n) is 18.3. The van der Waals surface area contributed by atoms with Gasteiger partial charge in [0.15, 0.2) is 0 Å². The second-order valence-electron chi connectivity index (χ2n) is 12.8. The Bertz CT molecular complexity index is 1030. The molecule has 1 aromatic rings. The van der Waals surface area contributed by atoms with E-state index in [0.29, 0.717) is 169 Å². The first kappa shape index (κ1) is 45.8. The van der Waals surface area contributed by atoms with Crippen LogP contribution < -0.4 is 0 Å². The van der Waals surface area contributed by atoms with Crippen LogP contribution in [0.5, 0.6) is 0 Å². The van der Waals surface area contributed by atoms with E-state index in [-0.39, 0.29) is 5.91 Å². The SMILES string of the molecule is C=C1C=CC(=O)N1Cc1cn(CCOCCOCCOCCOCCOCCOCCOCCOCCOCCOCCOCCC(C)(C)C)nn1. The van der Waals surface area contributed by atoms with Gasteiger partial charge in [0, 0.05) is 18.4 Å². The smallest absolute Gasteiger partial charge is 0.251 e. The molecule has 52 heavy (non-hydrogen) atoms. The molecule has 0 N–H and O–H groups in total. The van der Waals surface area contributed by atoms with E-state index < -0.39 is 0 Å². The molecule has 1 amide bonds. The van der Waals surface area contributed by atoms with Gasteiger partial charge < -0.3 is 57.0 Å². The van der Waals surface area contributed by atoms with Crippen LogP contribution in [0.3, 0.4) is 0 Å². The summed E-state index contributed by atoms with van der Waals surface area (Å²) < 4.78 is 62.3. The minimum absolute atomic E-state index is 0.0982. The topological polar surface area (TPSA) is 153 Å². The maximum Gasteiger partial charge on any atom is 0.251 e. The third kappa shape index (κ3) is 26.4. The Morgan fingerprint density at radius 3 is 1.21 bits per heavy atom. The molecule has 1 aromatic heterocycles. The minimum Gasteiger partial charge on any atom is -0.379 e. The summed E-state index contributed by atoms with van der Waals surface area (Å²) in [6.45, 7) is 22.9. The lowest BCUT2D eigenvalue weighted by atomic mass is 9.93. The zero-order chi connectivity index (χ0) is 37.4. The molecule has 1 aliphatic rings. The summed E-state index contributed by atoms with van der Waals surface area (Å²) in [5, 5.41) is 8.17. The Balaban J connectivity index is 1.17. The van der Waals surface area contributed by atoms with Crippen LogP contribution in [0.15, 0.2) is 30.6 Å². The number of carbonyl (C=O) groups is 1. The number of ether oxygens (including phenoxy) is 11. The Hall–Kier alpha value is -2.35. The fourth-order valence-corrected chi connectivity index (χ4v) is 4.19. The predicted octanol–water partition coefficient (Wildman–Crippen LogP) is 2.31. The summed E-state index contributed by atoms with van der Waals surface area (Å²) in [7, 11) is 0. The highest BCUT2D eigenvalue weighted by molar-refractivity contribution is 5.92. The van der Waals surface area contributed by atoms with Crippen molar-refractivity contribution < 1.29 is 56.9 Å². The van der Waals surface area contributed by atoms with Gasteiger partial charge in [0.1, 0.15) is 5.69 Å². The lowest BCUT2D eigenvalue weighted by molar-refractivity contribution is -0.123. The van der Waals surface area contributed by atoms with E-state index in [2.05, 4.69) is 37.7 Å². The second kappa shape index (κ2) is 31.0. The molecule has 1 aliphatic heterocycles. The van der Waals surface area contributed by atoms with Crippen molar-refractivity contribution in [1.82, 2.24) is 19.9 Å². The number of rotatable bonds is 37. The van der Waals surface area contributed by atoms with Crippen LogP contribution in [0.4, 0.5) is 0 Å². The summed E-state index contributed by atoms with van der Waals surface area (Å²) >= 11 is 0. The highest BCUT2D eigenvalue weighted by Gasteiger charge is 2.20. The van der Waals surface area contributed by atoms with E-state index in [9.17, 15) is 4.79 Å². The van der Waals surface area contributed by atoms with Crippen molar-refractivity contribution in [2.75, 3.05) is 145 Å². The summed E-state index contributed by atoms with van der Waals surface area (Å²) in [6.07, 6.45) is 6.02. The van der Waals surface area contributed by atoms with Gasteiger partial charge in [-0.3, -0.25) is 4.79 Å². The summed E-state index contributed by atoms with van der Waals surface area (Å²) in [5.74, 6) is -0.0982. The van der Waals surface area contributed by atoms with Gasteiger partial charge >= 0.3 is 0 Å². The lowest BCUT2D eigenvalue weighted by Crippen LogP contribution is -2.23. The van der Waals surface area contributed by atoms with Crippen molar-refractivity contribution in [2.45, 2.75) is 40.3 Å². The van der Waals surface area contributed by atoms with Gasteiger partial charge in [0.2, 0.25) is 0 Å². The van der Waals surface area contributed by atoms with Crippen LogP contribution in [0.1, 0.15) is 32.9 Å². The maximum absolute atomic E-state index is 11.8. The Labute approximate surface area is 309 Å². The molecule has 0 aliphatic carbocycles. The second-order valence-corrected chi connectivity index (χ2v) is 12.8. The monoisotopic (exact) mass is 744 g/mol. The standard InChI is InChI=1S/C36H64N4O12/c1-33-5-6-35(41)40(33)32-34-31-39(38-37-34)8-10-43-12-14-45-16-18-47-20-22-49-24-26-51-28-30-52-29-27-50-25-23-48-21-19-46-17-15-44-13-11-42-9-7-36(2,3)4/h5-6,31H,1,7-30,32H2,2-4H3. The zero-order valence-corrected chi connectivity index (χ0v) is 31.8. The van der Waals surface area contributed by atoms with Crippen LogP contribution in [0, 0.1) is 5.41 Å². The molecule has 16 heteroatoms. The van der Waals surface area contributed by atoms with Crippen LogP contribution >= 0.6 is 0 Å². The Morgan fingerprint density at radius 2 is 0.885 bits per heavy atom. The van der Waals surface area contributed by atoms with Crippen LogP contribution in [-0.2, 0) is 70.0 Å². The number of carbonyl (C=O) groups excluding carboxylic acids is 1. The van der Waals surface area contributed by atoms with E-state index in [1.807, 2.05) is 0 Å². The van der Waals surface area contributed by atoms with Crippen LogP contribution in [-0.4, -0.2) is 171 Å². The molecule has 0 atom stereocenters. The average Bonchev–Trinajstić information content (AvgIpc) is 3.70. The molecule has 0 bridgehead atoms.